The number of amides is 1. The highest BCUT2D eigenvalue weighted by Gasteiger charge is 2.17. The number of fused-ring (bicyclic) bond motifs is 1. The molecule has 0 bridgehead atoms. The molecule has 0 aliphatic rings. The average molecular weight is 335 g/mol. The number of rotatable bonds is 4. The molecule has 1 amide bonds. The number of aromatic hydroxyl groups is 1. The highest BCUT2D eigenvalue weighted by molar-refractivity contribution is 5.97. The van der Waals surface area contributed by atoms with Gasteiger partial charge in [0, 0.05) is 17.5 Å². The second-order valence-electron chi connectivity index (χ2n) is 6.56. The van der Waals surface area contributed by atoms with Gasteiger partial charge in [0.05, 0.1) is 5.52 Å². The van der Waals surface area contributed by atoms with Crippen molar-refractivity contribution in [2.24, 2.45) is 16.1 Å². The van der Waals surface area contributed by atoms with Crippen LogP contribution >= 0.6 is 0 Å². The Morgan fingerprint density at radius 2 is 1.80 bits per heavy atom. The molecule has 0 aliphatic carbocycles. The van der Waals surface area contributed by atoms with E-state index in [9.17, 15) is 9.90 Å². The Morgan fingerprint density at radius 3 is 2.48 bits per heavy atom. The molecule has 1 N–H and O–H groups in total. The molecule has 0 radical (unpaired) electrons. The molecule has 1 heterocycles. The number of carbonyl (C=O) groups is 1. The Kier molecular flexibility index (Phi) is 4.65. The number of benzene rings is 2. The fourth-order valence-corrected chi connectivity index (χ4v) is 2.77. The van der Waals surface area contributed by atoms with E-state index in [-0.39, 0.29) is 5.88 Å². The van der Waals surface area contributed by atoms with Gasteiger partial charge in [0.1, 0.15) is 0 Å². The molecular weight excluding hydrogens is 314 g/mol. The zero-order chi connectivity index (χ0) is 18.0. The molecule has 128 valence electrons. The lowest BCUT2D eigenvalue weighted by atomic mass is 10.1. The Bertz CT molecular complexity index is 937. The van der Waals surface area contributed by atoms with Crippen LogP contribution in [0.1, 0.15) is 29.8 Å². The summed E-state index contributed by atoms with van der Waals surface area (Å²) in [5.41, 5.74) is 2.75. The summed E-state index contributed by atoms with van der Waals surface area (Å²) >= 11 is 0. The van der Waals surface area contributed by atoms with Gasteiger partial charge in [-0.3, -0.25) is 4.79 Å². The molecule has 0 saturated carbocycles. The van der Waals surface area contributed by atoms with Crippen LogP contribution in [0.2, 0.25) is 0 Å². The summed E-state index contributed by atoms with van der Waals surface area (Å²) in [7, 11) is 0. The molecular formula is C20H21N3O2. The van der Waals surface area contributed by atoms with E-state index in [1.165, 1.54) is 0 Å². The Balaban J connectivity index is 1.99. The Labute approximate surface area is 146 Å². The second kappa shape index (κ2) is 6.89. The molecule has 3 aromatic rings. The van der Waals surface area contributed by atoms with Crippen molar-refractivity contribution in [2.45, 2.75) is 27.3 Å². The van der Waals surface area contributed by atoms with Crippen molar-refractivity contribution in [2.75, 3.05) is 0 Å². The summed E-state index contributed by atoms with van der Waals surface area (Å²) in [6, 6.07) is 14.7. The number of azo groups is 1. The maximum atomic E-state index is 12.2. The molecule has 0 spiro atoms. The normalized spacial score (nSPS) is 11.7. The first-order chi connectivity index (χ1) is 12.0. The Hall–Kier alpha value is -2.95. The van der Waals surface area contributed by atoms with Crippen LogP contribution in [0.15, 0.2) is 58.8 Å². The predicted molar refractivity (Wildman–Crippen MR) is 98.5 cm³/mol. The molecule has 0 saturated heterocycles. The van der Waals surface area contributed by atoms with Gasteiger partial charge in [0.2, 0.25) is 5.88 Å². The molecule has 0 unspecified atom stereocenters. The van der Waals surface area contributed by atoms with Crippen molar-refractivity contribution in [3.05, 3.63) is 59.7 Å². The van der Waals surface area contributed by atoms with Crippen LogP contribution in [-0.2, 0) is 6.54 Å². The summed E-state index contributed by atoms with van der Waals surface area (Å²) in [6.45, 7) is 6.78. The second-order valence-corrected chi connectivity index (χ2v) is 6.56. The first-order valence-electron chi connectivity index (χ1n) is 8.30. The van der Waals surface area contributed by atoms with Crippen molar-refractivity contribution in [1.82, 2.24) is 4.57 Å². The van der Waals surface area contributed by atoms with Crippen LogP contribution in [0, 0.1) is 12.8 Å². The fraction of sp³-hybridized carbons (Fsp3) is 0.250. The maximum absolute atomic E-state index is 12.2. The summed E-state index contributed by atoms with van der Waals surface area (Å²) in [5, 5.41) is 19.2. The number of hydrogen-bond acceptors (Lipinski definition) is 3. The van der Waals surface area contributed by atoms with Gasteiger partial charge in [0.15, 0.2) is 5.69 Å². The molecule has 2 aromatic carbocycles. The molecule has 5 heteroatoms. The van der Waals surface area contributed by atoms with Gasteiger partial charge in [-0.15, -0.1) is 10.2 Å². The predicted octanol–water partition coefficient (Wildman–Crippen LogP) is 5.24. The lowest BCUT2D eigenvalue weighted by Crippen LogP contribution is -2.03. The molecule has 3 rings (SSSR count). The van der Waals surface area contributed by atoms with Gasteiger partial charge in [-0.1, -0.05) is 49.7 Å². The Morgan fingerprint density at radius 1 is 1.12 bits per heavy atom. The zero-order valence-corrected chi connectivity index (χ0v) is 14.6. The average Bonchev–Trinajstić information content (AvgIpc) is 2.85. The van der Waals surface area contributed by atoms with E-state index >= 15 is 0 Å². The molecule has 25 heavy (non-hydrogen) atoms. The van der Waals surface area contributed by atoms with Crippen LogP contribution in [0.4, 0.5) is 5.69 Å². The van der Waals surface area contributed by atoms with E-state index in [0.717, 1.165) is 16.5 Å². The van der Waals surface area contributed by atoms with Crippen LogP contribution < -0.4 is 0 Å². The van der Waals surface area contributed by atoms with E-state index in [1.54, 1.807) is 12.1 Å². The molecule has 1 aromatic heterocycles. The summed E-state index contributed by atoms with van der Waals surface area (Å²) in [6.07, 6.45) is 0. The first-order valence-corrected chi connectivity index (χ1v) is 8.30. The van der Waals surface area contributed by atoms with Gasteiger partial charge in [0.25, 0.3) is 5.91 Å². The number of para-hydroxylation sites is 1. The molecule has 5 nitrogen and oxygen atoms in total. The zero-order valence-electron chi connectivity index (χ0n) is 14.6. The van der Waals surface area contributed by atoms with E-state index in [1.807, 2.05) is 47.9 Å². The van der Waals surface area contributed by atoms with Crippen molar-refractivity contribution in [1.29, 1.82) is 0 Å². The van der Waals surface area contributed by atoms with E-state index < -0.39 is 5.91 Å². The fourth-order valence-electron chi connectivity index (χ4n) is 2.77. The topological polar surface area (TPSA) is 66.9 Å². The number of carbonyl (C=O) groups excluding carboxylic acids is 1. The highest BCUT2D eigenvalue weighted by Crippen LogP contribution is 2.39. The van der Waals surface area contributed by atoms with Crippen molar-refractivity contribution in [3.8, 4) is 5.88 Å². The van der Waals surface area contributed by atoms with Gasteiger partial charge in [-0.25, -0.2) is 0 Å². The summed E-state index contributed by atoms with van der Waals surface area (Å²) in [4.78, 5) is 12.2. The van der Waals surface area contributed by atoms with Crippen LogP contribution in [-0.4, -0.2) is 15.6 Å². The monoisotopic (exact) mass is 335 g/mol. The smallest absolute Gasteiger partial charge is 0.295 e. The van der Waals surface area contributed by atoms with Crippen molar-refractivity contribution < 1.29 is 9.90 Å². The summed E-state index contributed by atoms with van der Waals surface area (Å²) in [5.74, 6) is -0.0314. The number of hydrogen-bond donors (Lipinski definition) is 1. The third-order valence-electron chi connectivity index (χ3n) is 4.00. The van der Waals surface area contributed by atoms with Gasteiger partial charge >= 0.3 is 0 Å². The molecule has 0 fully saturated rings. The SMILES string of the molecule is Cc1ccc(C(=O)N=Nc2c(O)n(CC(C)C)c3ccccc23)cc1. The minimum Gasteiger partial charge on any atom is -0.493 e. The minimum absolute atomic E-state index is 0.0374. The largest absolute Gasteiger partial charge is 0.493 e. The molecule has 0 atom stereocenters. The minimum atomic E-state index is -0.430. The van der Waals surface area contributed by atoms with Crippen molar-refractivity contribution in [3.63, 3.8) is 0 Å². The lowest BCUT2D eigenvalue weighted by molar-refractivity contribution is 0.0995. The summed E-state index contributed by atoms with van der Waals surface area (Å²) < 4.78 is 1.81. The van der Waals surface area contributed by atoms with Gasteiger partial charge in [-0.05, 0) is 31.0 Å². The molecule has 0 aliphatic heterocycles. The first kappa shape index (κ1) is 16.9. The number of nitrogens with zero attached hydrogens (tertiary/aromatic N) is 3. The van der Waals surface area contributed by atoms with Gasteiger partial charge < -0.3 is 9.67 Å². The van der Waals surface area contributed by atoms with Crippen LogP contribution in [0.25, 0.3) is 10.9 Å². The number of aryl methyl sites for hydroxylation is 1. The van der Waals surface area contributed by atoms with Crippen LogP contribution in [0.3, 0.4) is 0 Å². The maximum Gasteiger partial charge on any atom is 0.295 e. The lowest BCUT2D eigenvalue weighted by Gasteiger charge is -2.09. The number of aromatic nitrogens is 1. The third kappa shape index (κ3) is 3.45. The highest BCUT2D eigenvalue weighted by atomic mass is 16.3. The van der Waals surface area contributed by atoms with E-state index in [4.69, 9.17) is 0 Å². The van der Waals surface area contributed by atoms with Crippen LogP contribution in [0.5, 0.6) is 5.88 Å². The van der Waals surface area contributed by atoms with E-state index in [0.29, 0.717) is 23.7 Å². The quantitative estimate of drug-likeness (QED) is 0.663. The van der Waals surface area contributed by atoms with E-state index in [2.05, 4.69) is 24.1 Å². The van der Waals surface area contributed by atoms with Crippen molar-refractivity contribution >= 4 is 22.5 Å². The third-order valence-corrected chi connectivity index (χ3v) is 4.00. The van der Waals surface area contributed by atoms with Gasteiger partial charge in [-0.2, -0.15) is 0 Å². The standard InChI is InChI=1S/C20H21N3O2/c1-13(2)12-23-17-7-5-4-6-16(17)18(20(23)25)21-22-19(24)15-10-8-14(3)9-11-15/h4-11,13,25H,12H2,1-3H3.